The lowest BCUT2D eigenvalue weighted by Gasteiger charge is -2.35. The minimum Gasteiger partial charge on any atom is -0.357 e. The Kier molecular flexibility index (Phi) is 5.16. The van der Waals surface area contributed by atoms with Gasteiger partial charge in [-0.3, -0.25) is 14.4 Å². The third kappa shape index (κ3) is 3.36. The number of nitrogens with one attached hydrogen (secondary N) is 1. The third-order valence-electron chi connectivity index (χ3n) is 6.92. The minimum atomic E-state index is -0.876. The van der Waals surface area contributed by atoms with Crippen LogP contribution in [0, 0.1) is 11.8 Å². The molecule has 0 radical (unpaired) electrons. The van der Waals surface area contributed by atoms with Crippen LogP contribution in [0.15, 0.2) is 79.0 Å². The highest BCUT2D eigenvalue weighted by Crippen LogP contribution is 2.53. The highest BCUT2D eigenvalue weighted by molar-refractivity contribution is 6.38. The molecule has 3 aliphatic heterocycles. The van der Waals surface area contributed by atoms with E-state index in [9.17, 15) is 14.4 Å². The largest absolute Gasteiger partial charge is 0.357 e. The molecule has 3 heterocycles. The van der Waals surface area contributed by atoms with Crippen LogP contribution in [-0.4, -0.2) is 28.7 Å². The highest BCUT2D eigenvalue weighted by atomic mass is 35.5. The summed E-state index contributed by atoms with van der Waals surface area (Å²) in [6.45, 7) is 0. The van der Waals surface area contributed by atoms with Crippen molar-refractivity contribution < 1.29 is 14.4 Å². The molecule has 3 aliphatic rings. The smallest absolute Gasteiger partial charge is 0.247 e. The van der Waals surface area contributed by atoms with Crippen LogP contribution >= 0.6 is 23.2 Å². The van der Waals surface area contributed by atoms with Crippen molar-refractivity contribution in [2.75, 3.05) is 10.2 Å². The van der Waals surface area contributed by atoms with Crippen molar-refractivity contribution in [1.82, 2.24) is 4.90 Å². The zero-order valence-electron chi connectivity index (χ0n) is 18.3. The molecule has 8 heteroatoms. The fraction of sp³-hybridized carbons (Fsp3) is 0.148. The van der Waals surface area contributed by atoms with Gasteiger partial charge >= 0.3 is 0 Å². The zero-order chi connectivity index (χ0) is 24.3. The lowest BCUT2D eigenvalue weighted by atomic mass is 9.84. The number of carbonyl (C=O) groups is 3. The molecule has 0 unspecified atom stereocenters. The summed E-state index contributed by atoms with van der Waals surface area (Å²) in [5, 5.41) is 3.52. The van der Waals surface area contributed by atoms with E-state index in [1.807, 2.05) is 59.6 Å². The standard InChI is InChI=1S/C27H19Cl2N3O3/c28-16-10-11-20(19(29)14-16)32-26(34)21-22(27(32)35)24(25(33)30-17-7-2-1-3-8-17)31-13-12-15-6-4-5-9-18(15)23(21)31/h1-14,21-24H,(H,30,33)/t21-,22+,23+,24-/m1/s1. The molecule has 6 rings (SSSR count). The Morgan fingerprint density at radius 1 is 0.857 bits per heavy atom. The van der Waals surface area contributed by atoms with Gasteiger partial charge in [0.2, 0.25) is 17.7 Å². The lowest BCUT2D eigenvalue weighted by Crippen LogP contribution is -2.46. The number of nitrogens with zero attached hydrogens (tertiary/aromatic N) is 2. The molecule has 35 heavy (non-hydrogen) atoms. The molecule has 3 aromatic carbocycles. The second kappa shape index (κ2) is 8.26. The van der Waals surface area contributed by atoms with Crippen molar-refractivity contribution in [3.05, 3.63) is 100 Å². The van der Waals surface area contributed by atoms with Crippen LogP contribution in [0.25, 0.3) is 6.08 Å². The van der Waals surface area contributed by atoms with Crippen LogP contribution in [0.4, 0.5) is 11.4 Å². The average molecular weight is 504 g/mol. The van der Waals surface area contributed by atoms with Crippen LogP contribution < -0.4 is 10.2 Å². The number of benzene rings is 3. The van der Waals surface area contributed by atoms with Gasteiger partial charge in [0.1, 0.15) is 6.04 Å². The summed E-state index contributed by atoms with van der Waals surface area (Å²) < 4.78 is 0. The molecular weight excluding hydrogens is 485 g/mol. The van der Waals surface area contributed by atoms with Gasteiger partial charge in [0.05, 0.1) is 28.6 Å². The first-order valence-corrected chi connectivity index (χ1v) is 11.9. The van der Waals surface area contributed by atoms with Crippen molar-refractivity contribution in [3.63, 3.8) is 0 Å². The summed E-state index contributed by atoms with van der Waals surface area (Å²) in [5.41, 5.74) is 2.76. The molecule has 3 aromatic rings. The Morgan fingerprint density at radius 3 is 2.34 bits per heavy atom. The predicted octanol–water partition coefficient (Wildman–Crippen LogP) is 5.15. The van der Waals surface area contributed by atoms with Crippen LogP contribution in [0.2, 0.25) is 10.0 Å². The second-order valence-electron chi connectivity index (χ2n) is 8.80. The fourth-order valence-corrected chi connectivity index (χ4v) is 5.99. The van der Waals surface area contributed by atoms with Crippen LogP contribution in [0.5, 0.6) is 0 Å². The third-order valence-corrected chi connectivity index (χ3v) is 7.46. The fourth-order valence-electron chi connectivity index (χ4n) is 5.49. The van der Waals surface area contributed by atoms with Gasteiger partial charge in [-0.25, -0.2) is 4.90 Å². The maximum atomic E-state index is 13.9. The maximum absolute atomic E-state index is 13.9. The molecule has 4 atom stereocenters. The van der Waals surface area contributed by atoms with Gasteiger partial charge in [-0.15, -0.1) is 0 Å². The van der Waals surface area contributed by atoms with Crippen molar-refractivity contribution in [3.8, 4) is 0 Å². The predicted molar refractivity (Wildman–Crippen MR) is 135 cm³/mol. The van der Waals surface area contributed by atoms with Gasteiger partial charge in [0.15, 0.2) is 0 Å². The molecule has 0 aliphatic carbocycles. The van der Waals surface area contributed by atoms with Gasteiger partial charge in [0.25, 0.3) is 0 Å². The van der Waals surface area contributed by atoms with Gasteiger partial charge in [-0.2, -0.15) is 0 Å². The number of imide groups is 1. The Bertz CT molecular complexity index is 1410. The molecule has 174 valence electrons. The quantitative estimate of drug-likeness (QED) is 0.502. The van der Waals surface area contributed by atoms with Crippen LogP contribution in [0.3, 0.4) is 0 Å². The first-order chi connectivity index (χ1) is 17.0. The molecule has 0 spiro atoms. The summed E-state index contributed by atoms with van der Waals surface area (Å²) in [5.74, 6) is -2.79. The number of para-hydroxylation sites is 1. The first kappa shape index (κ1) is 21.9. The van der Waals surface area contributed by atoms with Gasteiger partial charge in [0, 0.05) is 16.9 Å². The molecular formula is C27H19Cl2N3O3. The molecule has 0 saturated carbocycles. The van der Waals surface area contributed by atoms with E-state index in [2.05, 4.69) is 5.32 Å². The van der Waals surface area contributed by atoms with E-state index in [-0.39, 0.29) is 22.5 Å². The van der Waals surface area contributed by atoms with E-state index >= 15 is 0 Å². The Hall–Kier alpha value is -3.61. The SMILES string of the molecule is O=C(Nc1ccccc1)[C@H]1[C@H]2C(=O)N(c3ccc(Cl)cc3Cl)C(=O)[C@H]2[C@@H]2c3ccccc3C=CN12. The number of carbonyl (C=O) groups excluding carboxylic acids is 3. The van der Waals surface area contributed by atoms with Gasteiger partial charge in [-0.1, -0.05) is 65.7 Å². The maximum Gasteiger partial charge on any atom is 0.247 e. The zero-order valence-corrected chi connectivity index (χ0v) is 19.8. The monoisotopic (exact) mass is 503 g/mol. The Labute approximate surface area is 211 Å². The molecule has 0 aromatic heterocycles. The van der Waals surface area contributed by atoms with Crippen molar-refractivity contribution in [2.24, 2.45) is 11.8 Å². The number of fused-ring (bicyclic) bond motifs is 5. The van der Waals surface area contributed by atoms with E-state index in [4.69, 9.17) is 23.2 Å². The normalized spacial score (nSPS) is 24.3. The van der Waals surface area contributed by atoms with Crippen molar-refractivity contribution >= 4 is 58.4 Å². The summed E-state index contributed by atoms with van der Waals surface area (Å²) >= 11 is 12.4. The van der Waals surface area contributed by atoms with Crippen LogP contribution in [0.1, 0.15) is 17.2 Å². The average Bonchev–Trinajstić information content (AvgIpc) is 3.33. The molecule has 0 bridgehead atoms. The number of hydrogen-bond donors (Lipinski definition) is 1. The van der Waals surface area contributed by atoms with Crippen molar-refractivity contribution in [2.45, 2.75) is 12.1 Å². The van der Waals surface area contributed by atoms with E-state index in [1.54, 1.807) is 24.3 Å². The second-order valence-corrected chi connectivity index (χ2v) is 9.64. The Morgan fingerprint density at radius 2 is 1.57 bits per heavy atom. The molecule has 2 saturated heterocycles. The first-order valence-electron chi connectivity index (χ1n) is 11.2. The summed E-state index contributed by atoms with van der Waals surface area (Å²) in [7, 11) is 0. The van der Waals surface area contributed by atoms with Gasteiger partial charge < -0.3 is 10.2 Å². The minimum absolute atomic E-state index is 0.199. The number of rotatable bonds is 3. The van der Waals surface area contributed by atoms with E-state index in [1.165, 1.54) is 6.07 Å². The van der Waals surface area contributed by atoms with Crippen LogP contribution in [-0.2, 0) is 14.4 Å². The summed E-state index contributed by atoms with van der Waals surface area (Å²) in [6, 6.07) is 20.1. The van der Waals surface area contributed by atoms with E-state index in [0.717, 1.165) is 16.0 Å². The number of hydrogen-bond acceptors (Lipinski definition) is 4. The summed E-state index contributed by atoms with van der Waals surface area (Å²) in [6.07, 6.45) is 3.74. The van der Waals surface area contributed by atoms with Gasteiger partial charge in [-0.05, 0) is 47.5 Å². The topological polar surface area (TPSA) is 69.7 Å². The lowest BCUT2D eigenvalue weighted by molar-refractivity contribution is -0.128. The molecule has 6 nitrogen and oxygen atoms in total. The highest BCUT2D eigenvalue weighted by Gasteiger charge is 2.64. The molecule has 2 fully saturated rings. The molecule has 1 N–H and O–H groups in total. The van der Waals surface area contributed by atoms with Crippen molar-refractivity contribution in [1.29, 1.82) is 0 Å². The number of halogens is 2. The van der Waals surface area contributed by atoms with E-state index < -0.39 is 29.8 Å². The van der Waals surface area contributed by atoms with E-state index in [0.29, 0.717) is 10.7 Å². The Balaban J connectivity index is 1.46. The summed E-state index contributed by atoms with van der Waals surface area (Å²) in [4.78, 5) is 44.3. The molecule has 3 amide bonds. The number of amides is 3. The number of anilines is 2.